The highest BCUT2D eigenvalue weighted by atomic mass is 16.5. The quantitative estimate of drug-likeness (QED) is 0.847. The van der Waals surface area contributed by atoms with Crippen LogP contribution in [-0.4, -0.2) is 58.7 Å². The van der Waals surface area contributed by atoms with Crippen LogP contribution in [0, 0.1) is 0 Å². The molecular weight excluding hydrogens is 278 g/mol. The zero-order chi connectivity index (χ0) is 15.4. The molecule has 0 bridgehead atoms. The molecule has 2 rings (SSSR count). The molecule has 0 saturated carbocycles. The minimum absolute atomic E-state index is 0.0793. The van der Waals surface area contributed by atoms with Gasteiger partial charge in [0.15, 0.2) is 5.56 Å². The van der Waals surface area contributed by atoms with Gasteiger partial charge in [0.1, 0.15) is 6.33 Å². The Morgan fingerprint density at radius 3 is 2.48 bits per heavy atom. The summed E-state index contributed by atoms with van der Waals surface area (Å²) in [5.74, 6) is -1.06. The predicted molar refractivity (Wildman–Crippen MR) is 71.4 cm³/mol. The molecule has 1 amide bonds. The van der Waals surface area contributed by atoms with E-state index in [4.69, 9.17) is 14.6 Å². The highest BCUT2D eigenvalue weighted by Crippen LogP contribution is 2.29. The zero-order valence-electron chi connectivity index (χ0n) is 11.9. The van der Waals surface area contributed by atoms with Gasteiger partial charge in [0.05, 0.1) is 20.6 Å². The van der Waals surface area contributed by atoms with Gasteiger partial charge in [-0.05, 0) is 12.8 Å². The molecule has 8 nitrogen and oxygen atoms in total. The van der Waals surface area contributed by atoms with Gasteiger partial charge in [-0.1, -0.05) is 0 Å². The van der Waals surface area contributed by atoms with Crippen LogP contribution in [-0.2, 0) is 4.79 Å². The van der Waals surface area contributed by atoms with Crippen LogP contribution in [0.4, 0.5) is 0 Å². The molecule has 1 unspecified atom stereocenters. The third-order valence-corrected chi connectivity index (χ3v) is 3.43. The van der Waals surface area contributed by atoms with Gasteiger partial charge in [-0.25, -0.2) is 9.97 Å². The number of aromatic nitrogens is 2. The molecule has 8 heteroatoms. The van der Waals surface area contributed by atoms with Crippen molar-refractivity contribution in [3.8, 4) is 11.8 Å². The molecule has 1 fully saturated rings. The van der Waals surface area contributed by atoms with E-state index in [-0.39, 0.29) is 35.7 Å². The summed E-state index contributed by atoms with van der Waals surface area (Å²) in [5.41, 5.74) is 0.125. The summed E-state index contributed by atoms with van der Waals surface area (Å²) in [7, 11) is 2.80. The second-order valence-electron chi connectivity index (χ2n) is 4.66. The van der Waals surface area contributed by atoms with Gasteiger partial charge in [-0.15, -0.1) is 0 Å². The number of rotatable bonds is 5. The van der Waals surface area contributed by atoms with Crippen molar-refractivity contribution in [2.24, 2.45) is 0 Å². The molecule has 1 N–H and O–H groups in total. The lowest BCUT2D eigenvalue weighted by molar-refractivity contribution is -0.137. The van der Waals surface area contributed by atoms with Crippen molar-refractivity contribution in [3.63, 3.8) is 0 Å². The number of carboxylic acid groups (broad SMARTS) is 1. The van der Waals surface area contributed by atoms with Gasteiger partial charge in [0, 0.05) is 12.6 Å². The zero-order valence-corrected chi connectivity index (χ0v) is 11.9. The van der Waals surface area contributed by atoms with Gasteiger partial charge in [0.2, 0.25) is 11.8 Å². The van der Waals surface area contributed by atoms with Crippen LogP contribution >= 0.6 is 0 Å². The average molecular weight is 295 g/mol. The number of hydrogen-bond donors (Lipinski definition) is 1. The summed E-state index contributed by atoms with van der Waals surface area (Å²) in [6.45, 7) is 0.498. The van der Waals surface area contributed by atoms with Crippen molar-refractivity contribution in [2.75, 3.05) is 20.8 Å². The number of carbonyl (C=O) groups excluding carboxylic acids is 1. The molecule has 1 aromatic rings. The largest absolute Gasteiger partial charge is 0.481 e. The number of ether oxygens (including phenoxy) is 2. The summed E-state index contributed by atoms with van der Waals surface area (Å²) < 4.78 is 10.2. The lowest BCUT2D eigenvalue weighted by Crippen LogP contribution is -2.37. The molecular formula is C13H17N3O5. The van der Waals surface area contributed by atoms with Crippen LogP contribution in [0.25, 0.3) is 0 Å². The summed E-state index contributed by atoms with van der Waals surface area (Å²) >= 11 is 0. The molecule has 1 aliphatic heterocycles. The number of aliphatic carboxylic acids is 1. The van der Waals surface area contributed by atoms with Gasteiger partial charge < -0.3 is 19.5 Å². The van der Waals surface area contributed by atoms with Crippen LogP contribution in [0.5, 0.6) is 11.8 Å². The highest BCUT2D eigenvalue weighted by Gasteiger charge is 2.34. The van der Waals surface area contributed by atoms with Crippen LogP contribution in [0.15, 0.2) is 6.33 Å². The molecule has 2 heterocycles. The Labute approximate surface area is 121 Å². The second-order valence-corrected chi connectivity index (χ2v) is 4.66. The van der Waals surface area contributed by atoms with Crippen molar-refractivity contribution in [1.29, 1.82) is 0 Å². The Balaban J connectivity index is 2.33. The minimum atomic E-state index is -0.928. The SMILES string of the molecule is COc1ncnc(OC)c1C(=O)N1CCCC1CC(=O)O. The third kappa shape index (κ3) is 3.04. The number of hydrogen-bond acceptors (Lipinski definition) is 6. The van der Waals surface area contributed by atoms with Gasteiger partial charge in [0.25, 0.3) is 5.91 Å². The normalized spacial score (nSPS) is 17.6. The molecule has 0 aliphatic carbocycles. The van der Waals surface area contributed by atoms with Crippen LogP contribution in [0.3, 0.4) is 0 Å². The number of likely N-dealkylation sites (tertiary alicyclic amines) is 1. The van der Waals surface area contributed by atoms with E-state index in [2.05, 4.69) is 9.97 Å². The highest BCUT2D eigenvalue weighted by molar-refractivity contribution is 5.99. The standard InChI is InChI=1S/C13H17N3O5/c1-20-11-10(12(21-2)15-7-14-11)13(19)16-5-3-4-8(16)6-9(17)18/h7-8H,3-6H2,1-2H3,(H,17,18). The van der Waals surface area contributed by atoms with Crippen LogP contribution in [0.1, 0.15) is 29.6 Å². The van der Waals surface area contributed by atoms with Crippen LogP contribution in [0.2, 0.25) is 0 Å². The van der Waals surface area contributed by atoms with E-state index < -0.39 is 5.97 Å². The Morgan fingerprint density at radius 2 is 1.95 bits per heavy atom. The van der Waals surface area contributed by atoms with E-state index in [1.165, 1.54) is 25.4 Å². The molecule has 1 saturated heterocycles. The number of methoxy groups -OCH3 is 2. The molecule has 1 atom stereocenters. The van der Waals surface area contributed by atoms with Crippen LogP contribution < -0.4 is 9.47 Å². The van der Waals surface area contributed by atoms with Crippen molar-refractivity contribution >= 4 is 11.9 Å². The van der Waals surface area contributed by atoms with Gasteiger partial charge in [-0.2, -0.15) is 0 Å². The lowest BCUT2D eigenvalue weighted by Gasteiger charge is -2.24. The maximum absolute atomic E-state index is 12.7. The third-order valence-electron chi connectivity index (χ3n) is 3.43. The van der Waals surface area contributed by atoms with E-state index in [0.29, 0.717) is 13.0 Å². The average Bonchev–Trinajstić information content (AvgIpc) is 2.92. The fourth-order valence-electron chi connectivity index (χ4n) is 2.51. The van der Waals surface area contributed by atoms with Crippen molar-refractivity contribution in [3.05, 3.63) is 11.9 Å². The lowest BCUT2D eigenvalue weighted by atomic mass is 10.1. The first-order valence-electron chi connectivity index (χ1n) is 6.54. The Hall–Kier alpha value is -2.38. The van der Waals surface area contributed by atoms with E-state index in [9.17, 15) is 9.59 Å². The topological polar surface area (TPSA) is 102 Å². The number of carboxylic acids is 1. The molecule has 0 aromatic carbocycles. The molecule has 1 aromatic heterocycles. The first-order chi connectivity index (χ1) is 10.1. The molecule has 1 aliphatic rings. The second kappa shape index (κ2) is 6.38. The number of amides is 1. The summed E-state index contributed by atoms with van der Waals surface area (Å²) in [6.07, 6.45) is 2.59. The van der Waals surface area contributed by atoms with E-state index in [0.717, 1.165) is 6.42 Å². The summed E-state index contributed by atoms with van der Waals surface area (Å²) in [6, 6.07) is -0.329. The Kier molecular flexibility index (Phi) is 4.56. The monoisotopic (exact) mass is 295 g/mol. The van der Waals surface area contributed by atoms with E-state index >= 15 is 0 Å². The van der Waals surface area contributed by atoms with E-state index in [1.807, 2.05) is 0 Å². The number of nitrogens with zero attached hydrogens (tertiary/aromatic N) is 3. The minimum Gasteiger partial charge on any atom is -0.481 e. The van der Waals surface area contributed by atoms with E-state index in [1.54, 1.807) is 0 Å². The predicted octanol–water partition coefficient (Wildman–Crippen LogP) is 0.573. The number of carbonyl (C=O) groups is 2. The first kappa shape index (κ1) is 15.0. The van der Waals surface area contributed by atoms with Crippen molar-refractivity contribution < 1.29 is 24.2 Å². The smallest absolute Gasteiger partial charge is 0.305 e. The summed E-state index contributed by atoms with van der Waals surface area (Å²) in [5, 5.41) is 8.93. The summed E-state index contributed by atoms with van der Waals surface area (Å²) in [4.78, 5) is 32.9. The Morgan fingerprint density at radius 1 is 1.33 bits per heavy atom. The Bertz CT molecular complexity index is 526. The fraction of sp³-hybridized carbons (Fsp3) is 0.538. The van der Waals surface area contributed by atoms with Gasteiger partial charge >= 0.3 is 5.97 Å². The first-order valence-corrected chi connectivity index (χ1v) is 6.54. The molecule has 0 radical (unpaired) electrons. The van der Waals surface area contributed by atoms with Gasteiger partial charge in [-0.3, -0.25) is 9.59 Å². The maximum Gasteiger partial charge on any atom is 0.305 e. The maximum atomic E-state index is 12.7. The molecule has 114 valence electrons. The molecule has 0 spiro atoms. The van der Waals surface area contributed by atoms with Crippen molar-refractivity contribution in [1.82, 2.24) is 14.9 Å². The fourth-order valence-corrected chi connectivity index (χ4v) is 2.51. The van der Waals surface area contributed by atoms with Crippen molar-refractivity contribution in [2.45, 2.75) is 25.3 Å². The molecule has 21 heavy (non-hydrogen) atoms.